The van der Waals surface area contributed by atoms with Gasteiger partial charge in [-0.3, -0.25) is 4.57 Å². The van der Waals surface area contributed by atoms with Crippen molar-refractivity contribution in [2.75, 3.05) is 20.8 Å². The van der Waals surface area contributed by atoms with Crippen molar-refractivity contribution in [2.24, 2.45) is 0 Å². The van der Waals surface area contributed by atoms with Gasteiger partial charge in [0.05, 0.1) is 33.8 Å². The van der Waals surface area contributed by atoms with E-state index in [4.69, 9.17) is 0 Å². The van der Waals surface area contributed by atoms with Crippen molar-refractivity contribution in [1.82, 2.24) is 9.55 Å². The van der Waals surface area contributed by atoms with E-state index in [0.29, 0.717) is 11.4 Å². The van der Waals surface area contributed by atoms with Crippen LogP contribution >= 0.6 is 45.2 Å². The van der Waals surface area contributed by atoms with E-state index in [1.807, 2.05) is 47.4 Å². The third kappa shape index (κ3) is 9.86. The molecule has 5 aromatic rings. The largest absolute Gasteiger partial charge is 0.341 e. The zero-order valence-electron chi connectivity index (χ0n) is 27.4. The van der Waals surface area contributed by atoms with Gasteiger partial charge in [-0.25, -0.2) is 22.5 Å². The number of aromatic nitrogens is 2. The molecule has 256 valence electrons. The minimum atomic E-state index is -0.604. The summed E-state index contributed by atoms with van der Waals surface area (Å²) in [7, 11) is 0. The molecule has 0 N–H and O–H groups in total. The van der Waals surface area contributed by atoms with Gasteiger partial charge in [-0.1, -0.05) is 99.2 Å². The average Bonchev–Trinajstić information content (AvgIpc) is 3.63. The Kier molecular flexibility index (Phi) is 15.3. The topological polar surface area (TPSA) is 24.3 Å². The van der Waals surface area contributed by atoms with Crippen LogP contribution in [0.1, 0.15) is 65.2 Å². The maximum atomic E-state index is 14.3. The van der Waals surface area contributed by atoms with Crippen LogP contribution < -0.4 is 9.80 Å². The molecule has 4 nitrogen and oxygen atoms in total. The minimum Gasteiger partial charge on any atom is -0.341 e. The summed E-state index contributed by atoms with van der Waals surface area (Å²) in [4.78, 5) is 8.41. The maximum absolute atomic E-state index is 14.3. The van der Waals surface area contributed by atoms with Crippen LogP contribution in [0.2, 0.25) is 0 Å². The van der Waals surface area contributed by atoms with E-state index in [9.17, 15) is 17.6 Å². The first-order valence-electron chi connectivity index (χ1n) is 16.5. The number of benzene rings is 4. The number of nitrogens with zero attached hydrogens (tertiary/aromatic N) is 4. The zero-order valence-corrected chi connectivity index (χ0v) is 31.7. The molecule has 1 unspecified atom stereocenters. The average molecular weight is 885 g/mol. The van der Waals surface area contributed by atoms with Gasteiger partial charge in [0.1, 0.15) is 29.6 Å². The molecule has 1 atom stereocenters. The van der Waals surface area contributed by atoms with E-state index in [0.717, 1.165) is 47.5 Å². The Morgan fingerprint density at radius 1 is 0.646 bits per heavy atom. The summed E-state index contributed by atoms with van der Waals surface area (Å²) in [5.74, 6) is -2.27. The summed E-state index contributed by atoms with van der Waals surface area (Å²) in [6.07, 6.45) is 11.9. The van der Waals surface area contributed by atoms with Crippen LogP contribution in [-0.4, -0.2) is 24.7 Å². The third-order valence-electron chi connectivity index (χ3n) is 7.95. The molecule has 0 spiro atoms. The number of imidazole rings is 1. The second-order valence-corrected chi connectivity index (χ2v) is 13.7. The van der Waals surface area contributed by atoms with Crippen molar-refractivity contribution in [3.05, 3.63) is 115 Å². The fourth-order valence-corrected chi connectivity index (χ4v) is 7.20. The second-order valence-electron chi connectivity index (χ2n) is 11.5. The van der Waals surface area contributed by atoms with Crippen molar-refractivity contribution in [1.29, 1.82) is 0 Å². The molecule has 0 radical (unpaired) electrons. The molecule has 0 bridgehead atoms. The summed E-state index contributed by atoms with van der Waals surface area (Å²) in [5, 5.41) is 0. The van der Waals surface area contributed by atoms with Crippen LogP contribution in [0.5, 0.6) is 0 Å². The SMILES string of the molecule is CCCCCCI.CCCCCCN1c2ccccc2N(c2ccc(F)cc2F)C1I.Fc1ccc(-n2cnc3ccccc32)c(F)c1. The predicted octanol–water partition coefficient (Wildman–Crippen LogP) is 12.5. The first kappa shape index (κ1) is 37.9. The number of hydrogen-bond donors (Lipinski definition) is 0. The molecule has 0 fully saturated rings. The molecule has 0 saturated carbocycles. The molecule has 2 heterocycles. The van der Waals surface area contributed by atoms with E-state index in [-0.39, 0.29) is 4.17 Å². The van der Waals surface area contributed by atoms with E-state index in [2.05, 4.69) is 75.0 Å². The molecule has 0 amide bonds. The maximum Gasteiger partial charge on any atom is 0.159 e. The number of halogens is 6. The molecule has 0 aliphatic carbocycles. The van der Waals surface area contributed by atoms with Gasteiger partial charge in [0.15, 0.2) is 4.17 Å². The lowest BCUT2D eigenvalue weighted by Gasteiger charge is -2.29. The number of unbranched alkanes of at least 4 members (excludes halogenated alkanes) is 6. The van der Waals surface area contributed by atoms with Gasteiger partial charge in [-0.2, -0.15) is 0 Å². The minimum absolute atomic E-state index is 0.0263. The summed E-state index contributed by atoms with van der Waals surface area (Å²) < 4.78 is 57.0. The van der Waals surface area contributed by atoms with Gasteiger partial charge < -0.3 is 9.80 Å². The van der Waals surface area contributed by atoms with Gasteiger partial charge in [0.2, 0.25) is 0 Å². The fraction of sp³-hybridized carbons (Fsp3) is 0.342. The quantitative estimate of drug-likeness (QED) is 0.0434. The number of rotatable bonds is 11. The van der Waals surface area contributed by atoms with Crippen LogP contribution in [0.4, 0.5) is 34.6 Å². The standard InChI is InChI=1S/C19H21F2IN2.C13H8F2N2.C6H13I/c1-2-3-4-7-12-23-17-8-5-6-9-18(17)24(19(23)22)16-11-10-14(20)13-15(16)21;14-9-5-6-12(10(15)7-9)17-8-16-11-3-1-2-4-13(11)17;1-2-3-4-5-6-7/h5-6,8-11,13,19H,2-4,7,12H2,1H3;1-8H;2-6H2,1H3. The molecule has 4 aromatic carbocycles. The normalized spacial score (nSPS) is 13.5. The van der Waals surface area contributed by atoms with E-state index >= 15 is 0 Å². The first-order valence-corrected chi connectivity index (χ1v) is 19.2. The van der Waals surface area contributed by atoms with Gasteiger partial charge in [0, 0.05) is 18.7 Å². The van der Waals surface area contributed by atoms with Crippen LogP contribution in [-0.2, 0) is 0 Å². The third-order valence-corrected chi connectivity index (χ3v) is 9.95. The first-order chi connectivity index (χ1) is 23.3. The van der Waals surface area contributed by atoms with Crippen molar-refractivity contribution >= 4 is 73.3 Å². The van der Waals surface area contributed by atoms with Gasteiger partial charge >= 0.3 is 0 Å². The van der Waals surface area contributed by atoms with Crippen molar-refractivity contribution < 1.29 is 17.6 Å². The van der Waals surface area contributed by atoms with Crippen LogP contribution in [0, 0.1) is 23.3 Å². The number of hydrogen-bond acceptors (Lipinski definition) is 3. The lowest BCUT2D eigenvalue weighted by molar-refractivity contribution is 0.578. The molecule has 0 saturated heterocycles. The van der Waals surface area contributed by atoms with Crippen molar-refractivity contribution in [2.45, 2.75) is 69.4 Å². The molecular weight excluding hydrogens is 842 g/mol. The van der Waals surface area contributed by atoms with Crippen LogP contribution in [0.15, 0.2) is 91.3 Å². The van der Waals surface area contributed by atoms with E-state index < -0.39 is 23.3 Å². The Morgan fingerprint density at radius 3 is 1.85 bits per heavy atom. The monoisotopic (exact) mass is 884 g/mol. The Morgan fingerprint density at radius 2 is 1.23 bits per heavy atom. The highest BCUT2D eigenvalue weighted by Crippen LogP contribution is 2.46. The molecule has 1 aliphatic heterocycles. The van der Waals surface area contributed by atoms with Gasteiger partial charge in [-0.15, -0.1) is 0 Å². The number of alkyl halides is 2. The lowest BCUT2D eigenvalue weighted by atomic mass is 10.2. The van der Waals surface area contributed by atoms with Gasteiger partial charge in [0.25, 0.3) is 0 Å². The lowest BCUT2D eigenvalue weighted by Crippen LogP contribution is -2.36. The van der Waals surface area contributed by atoms with Crippen molar-refractivity contribution in [3.8, 4) is 5.69 Å². The number of para-hydroxylation sites is 4. The second kappa shape index (κ2) is 19.4. The number of fused-ring (bicyclic) bond motifs is 2. The van der Waals surface area contributed by atoms with Crippen molar-refractivity contribution in [3.63, 3.8) is 0 Å². The summed E-state index contributed by atoms with van der Waals surface area (Å²) in [6, 6.07) is 22.7. The van der Waals surface area contributed by atoms with E-state index in [1.54, 1.807) is 4.57 Å². The molecule has 10 heteroatoms. The predicted molar refractivity (Wildman–Crippen MR) is 208 cm³/mol. The molecule has 48 heavy (non-hydrogen) atoms. The molecule has 6 rings (SSSR count). The summed E-state index contributed by atoms with van der Waals surface area (Å²) >= 11 is 4.76. The highest BCUT2D eigenvalue weighted by molar-refractivity contribution is 14.1. The molecular formula is C38H42F4I2N4. The fourth-order valence-electron chi connectivity index (χ4n) is 5.49. The van der Waals surface area contributed by atoms with Gasteiger partial charge in [-0.05, 0) is 88.4 Å². The van der Waals surface area contributed by atoms with Crippen LogP contribution in [0.25, 0.3) is 16.7 Å². The van der Waals surface area contributed by atoms with E-state index in [1.165, 1.54) is 80.0 Å². The Balaban J connectivity index is 0.000000188. The molecule has 1 aliphatic rings. The molecule has 1 aromatic heterocycles. The van der Waals surface area contributed by atoms with Crippen LogP contribution in [0.3, 0.4) is 0 Å². The highest BCUT2D eigenvalue weighted by Gasteiger charge is 2.35. The Labute approximate surface area is 308 Å². The Hall–Kier alpha value is -2.87. The smallest absolute Gasteiger partial charge is 0.159 e. The highest BCUT2D eigenvalue weighted by atomic mass is 127. The summed E-state index contributed by atoms with van der Waals surface area (Å²) in [6.45, 7) is 5.38. The Bertz CT molecular complexity index is 1730. The zero-order chi connectivity index (χ0) is 34.5. The summed E-state index contributed by atoms with van der Waals surface area (Å²) in [5.41, 5.74) is 4.35. The number of anilines is 3.